The number of para-hydroxylation sites is 2. The van der Waals surface area contributed by atoms with E-state index in [0.717, 1.165) is 40.1 Å². The summed E-state index contributed by atoms with van der Waals surface area (Å²) in [5.74, 6) is -0.377. The highest BCUT2D eigenvalue weighted by atomic mass is 32.2. The average Bonchev–Trinajstić information content (AvgIpc) is 3.29. The minimum atomic E-state index is -1.05. The van der Waals surface area contributed by atoms with Gasteiger partial charge in [0.25, 0.3) is 0 Å². The molecule has 1 spiro atoms. The van der Waals surface area contributed by atoms with Crippen molar-refractivity contribution in [3.63, 3.8) is 0 Å². The average molecular weight is 484 g/mol. The lowest BCUT2D eigenvalue weighted by molar-refractivity contribution is -0.119. The number of amides is 1. The fourth-order valence-corrected chi connectivity index (χ4v) is 6.58. The van der Waals surface area contributed by atoms with E-state index < -0.39 is 5.97 Å². The Balaban J connectivity index is 1.35. The number of carboxylic acid groups (broad SMARTS) is 1. The van der Waals surface area contributed by atoms with Gasteiger partial charge in [0.2, 0.25) is 5.91 Å². The van der Waals surface area contributed by atoms with E-state index in [0.29, 0.717) is 10.9 Å². The Bertz CT molecular complexity index is 1510. The van der Waals surface area contributed by atoms with E-state index in [1.165, 1.54) is 23.4 Å². The van der Waals surface area contributed by atoms with Gasteiger partial charge in [-0.1, -0.05) is 61.2 Å². The van der Waals surface area contributed by atoms with Crippen molar-refractivity contribution in [2.45, 2.75) is 42.1 Å². The summed E-state index contributed by atoms with van der Waals surface area (Å²) in [6.07, 6.45) is 1.13. The predicted molar refractivity (Wildman–Crippen MR) is 136 cm³/mol. The first-order valence-corrected chi connectivity index (χ1v) is 12.6. The molecule has 2 aliphatic rings. The minimum absolute atomic E-state index is 0.0162. The Morgan fingerprint density at radius 1 is 1.09 bits per heavy atom. The van der Waals surface area contributed by atoms with Gasteiger partial charge < -0.3 is 14.6 Å². The second-order valence-electron chi connectivity index (χ2n) is 9.54. The van der Waals surface area contributed by atoms with Crippen LogP contribution in [-0.4, -0.2) is 33.1 Å². The summed E-state index contributed by atoms with van der Waals surface area (Å²) in [5.41, 5.74) is 4.42. The minimum Gasteiger partial charge on any atom is -0.477 e. The van der Waals surface area contributed by atoms with E-state index in [1.54, 1.807) is 6.07 Å². The molecule has 1 saturated carbocycles. The molecule has 6 nitrogen and oxygen atoms in total. The van der Waals surface area contributed by atoms with Gasteiger partial charge in [0.15, 0.2) is 0 Å². The Kier molecular flexibility index (Phi) is 5.00. The number of aromatic carboxylic acids is 1. The summed E-state index contributed by atoms with van der Waals surface area (Å²) in [6, 6.07) is 21.4. The molecule has 176 valence electrons. The number of nitrogens with zero attached hydrogens (tertiary/aromatic N) is 3. The van der Waals surface area contributed by atoms with Crippen LogP contribution in [0.5, 0.6) is 0 Å². The van der Waals surface area contributed by atoms with Crippen LogP contribution in [0.2, 0.25) is 0 Å². The normalized spacial score (nSPS) is 20.4. The number of aromatic nitrogens is 2. The first-order chi connectivity index (χ1) is 16.9. The summed E-state index contributed by atoms with van der Waals surface area (Å²) in [5, 5.41) is 11.0. The Labute approximate surface area is 207 Å². The molecular formula is C28H25N3O3S. The second-order valence-corrected chi connectivity index (χ2v) is 10.6. The molecule has 3 heterocycles. The van der Waals surface area contributed by atoms with Gasteiger partial charge in [-0.15, -0.1) is 0 Å². The number of anilines is 1. The van der Waals surface area contributed by atoms with E-state index in [9.17, 15) is 14.7 Å². The zero-order valence-electron chi connectivity index (χ0n) is 19.6. The number of carbonyl (C=O) groups excluding carboxylic acids is 1. The molecule has 0 saturated heterocycles. The maximum Gasteiger partial charge on any atom is 0.354 e. The van der Waals surface area contributed by atoms with Crippen LogP contribution < -0.4 is 4.90 Å². The van der Waals surface area contributed by atoms with Crippen molar-refractivity contribution in [1.29, 1.82) is 0 Å². The molecular weight excluding hydrogens is 458 g/mol. The van der Waals surface area contributed by atoms with Crippen LogP contribution in [0.15, 0.2) is 76.7 Å². The lowest BCUT2D eigenvalue weighted by Crippen LogP contribution is -2.34. The molecule has 1 aliphatic heterocycles. The van der Waals surface area contributed by atoms with Crippen molar-refractivity contribution in [2.75, 3.05) is 11.4 Å². The molecule has 6 rings (SSSR count). The van der Waals surface area contributed by atoms with E-state index in [2.05, 4.69) is 34.7 Å². The number of hydrogen-bond donors (Lipinski definition) is 1. The van der Waals surface area contributed by atoms with Crippen LogP contribution in [0.4, 0.5) is 5.69 Å². The summed E-state index contributed by atoms with van der Waals surface area (Å²) < 4.78 is 2.07. The van der Waals surface area contributed by atoms with Crippen molar-refractivity contribution in [1.82, 2.24) is 9.55 Å². The highest BCUT2D eigenvalue weighted by Crippen LogP contribution is 2.60. The highest BCUT2D eigenvalue weighted by Gasteiger charge is 2.58. The number of fused-ring (bicyclic) bond motifs is 3. The Morgan fingerprint density at radius 2 is 1.83 bits per heavy atom. The zero-order valence-corrected chi connectivity index (χ0v) is 20.4. The zero-order chi connectivity index (χ0) is 24.3. The van der Waals surface area contributed by atoms with Crippen molar-refractivity contribution < 1.29 is 14.7 Å². The molecule has 1 amide bonds. The van der Waals surface area contributed by atoms with Crippen molar-refractivity contribution >= 4 is 40.2 Å². The quantitative estimate of drug-likeness (QED) is 0.405. The van der Waals surface area contributed by atoms with Gasteiger partial charge in [0, 0.05) is 39.1 Å². The summed E-state index contributed by atoms with van der Waals surface area (Å²) in [7, 11) is 0. The summed E-state index contributed by atoms with van der Waals surface area (Å²) in [4.78, 5) is 32.3. The first-order valence-electron chi connectivity index (χ1n) is 11.7. The van der Waals surface area contributed by atoms with Crippen LogP contribution in [0.3, 0.4) is 0 Å². The number of carbonyl (C=O) groups is 2. The summed E-state index contributed by atoms with van der Waals surface area (Å²) >= 11 is 1.43. The number of rotatable bonds is 5. The van der Waals surface area contributed by atoms with Gasteiger partial charge in [-0.2, -0.15) is 0 Å². The largest absolute Gasteiger partial charge is 0.477 e. The third-order valence-corrected chi connectivity index (χ3v) is 8.70. The molecule has 7 heteroatoms. The monoisotopic (exact) mass is 483 g/mol. The Morgan fingerprint density at radius 3 is 2.60 bits per heavy atom. The molecule has 2 unspecified atom stereocenters. The van der Waals surface area contributed by atoms with E-state index in [1.807, 2.05) is 48.2 Å². The number of pyridine rings is 1. The van der Waals surface area contributed by atoms with Crippen LogP contribution in [0.1, 0.15) is 35.1 Å². The lowest BCUT2D eigenvalue weighted by atomic mass is 9.96. The summed E-state index contributed by atoms with van der Waals surface area (Å²) in [6.45, 7) is 5.27. The van der Waals surface area contributed by atoms with E-state index >= 15 is 0 Å². The molecule has 35 heavy (non-hydrogen) atoms. The number of benzene rings is 2. The van der Waals surface area contributed by atoms with Crippen LogP contribution in [-0.2, 0) is 16.8 Å². The van der Waals surface area contributed by atoms with E-state index in [4.69, 9.17) is 0 Å². The molecule has 1 aliphatic carbocycles. The molecule has 1 N–H and O–H groups in total. The smallest absolute Gasteiger partial charge is 0.354 e. The molecule has 0 radical (unpaired) electrons. The molecule has 0 bridgehead atoms. The third-order valence-electron chi connectivity index (χ3n) is 7.54. The third kappa shape index (κ3) is 3.45. The SMILES string of the molecule is Cc1c(Sc2cccc(C(=O)O)n2)c2ccccc2n1CC(=O)N1CC2(CC2C)c2ccccc21. The highest BCUT2D eigenvalue weighted by molar-refractivity contribution is 7.99. The lowest BCUT2D eigenvalue weighted by Gasteiger charge is -2.19. The van der Waals surface area contributed by atoms with Crippen LogP contribution in [0.25, 0.3) is 10.9 Å². The van der Waals surface area contributed by atoms with Crippen molar-refractivity contribution in [3.8, 4) is 0 Å². The van der Waals surface area contributed by atoms with Crippen molar-refractivity contribution in [2.24, 2.45) is 5.92 Å². The van der Waals surface area contributed by atoms with Crippen LogP contribution >= 0.6 is 11.8 Å². The molecule has 2 aromatic carbocycles. The van der Waals surface area contributed by atoms with Crippen LogP contribution in [0, 0.1) is 12.8 Å². The van der Waals surface area contributed by atoms with Gasteiger partial charge >= 0.3 is 5.97 Å². The molecule has 4 aromatic rings. The fraction of sp³-hybridized carbons (Fsp3) is 0.250. The van der Waals surface area contributed by atoms with Gasteiger partial charge in [0.05, 0.1) is 0 Å². The van der Waals surface area contributed by atoms with E-state index in [-0.39, 0.29) is 23.6 Å². The molecule has 2 aromatic heterocycles. The van der Waals surface area contributed by atoms with Gasteiger partial charge in [0.1, 0.15) is 17.3 Å². The van der Waals surface area contributed by atoms with Crippen molar-refractivity contribution in [3.05, 3.63) is 83.7 Å². The van der Waals surface area contributed by atoms with Gasteiger partial charge in [-0.05, 0) is 49.1 Å². The fourth-order valence-electron chi connectivity index (χ4n) is 5.54. The topological polar surface area (TPSA) is 75.4 Å². The number of hydrogen-bond acceptors (Lipinski definition) is 4. The van der Waals surface area contributed by atoms with Gasteiger partial charge in [-0.25, -0.2) is 9.78 Å². The first kappa shape index (κ1) is 21.9. The molecule has 2 atom stereocenters. The second kappa shape index (κ2) is 7.99. The van der Waals surface area contributed by atoms with Gasteiger partial charge in [-0.3, -0.25) is 4.79 Å². The maximum absolute atomic E-state index is 13.7. The Hall–Kier alpha value is -3.58. The standard InChI is InChI=1S/C28H25N3O3S/c1-17-14-28(17)16-31(23-12-6-4-9-20(23)28)25(32)15-30-18(2)26(19-8-3-5-11-22(19)30)35-24-13-7-10-21(29-24)27(33)34/h3-13,17H,14-16H2,1-2H3,(H,33,34). The predicted octanol–water partition coefficient (Wildman–Crippen LogP) is 5.52. The maximum atomic E-state index is 13.7. The molecule has 1 fully saturated rings. The number of carboxylic acids is 1.